The largest absolute Gasteiger partial charge is 0.547 e. The topological polar surface area (TPSA) is 125 Å². The van der Waals surface area contributed by atoms with Crippen LogP contribution in [0.25, 0.3) is 0 Å². The number of rotatable bonds is 4. The van der Waals surface area contributed by atoms with Crippen LogP contribution in [0.15, 0.2) is 18.2 Å². The SMILES string of the molecule is NC1CCN(CC(=O)N[C@H]2Cc3cccc(C(=O)O)c3OB2O)CC1. The van der Waals surface area contributed by atoms with Crippen molar-refractivity contribution in [3.05, 3.63) is 29.3 Å². The number of benzene rings is 1. The van der Waals surface area contributed by atoms with Gasteiger partial charge in [0.2, 0.25) is 5.91 Å². The summed E-state index contributed by atoms with van der Waals surface area (Å²) in [5.74, 6) is -1.76. The van der Waals surface area contributed by atoms with Crippen LogP contribution in [0.3, 0.4) is 0 Å². The van der Waals surface area contributed by atoms with Crippen LogP contribution in [-0.4, -0.2) is 65.6 Å². The summed E-state index contributed by atoms with van der Waals surface area (Å²) in [4.78, 5) is 25.5. The summed E-state index contributed by atoms with van der Waals surface area (Å²) in [5.41, 5.74) is 6.51. The summed E-state index contributed by atoms with van der Waals surface area (Å²) in [5, 5.41) is 22.1. The second-order valence-corrected chi connectivity index (χ2v) is 6.60. The van der Waals surface area contributed by atoms with Gasteiger partial charge in [-0.3, -0.25) is 9.69 Å². The summed E-state index contributed by atoms with van der Waals surface area (Å²) in [6, 6.07) is 4.99. The van der Waals surface area contributed by atoms with E-state index in [1.54, 1.807) is 12.1 Å². The molecule has 1 amide bonds. The highest BCUT2D eigenvalue weighted by atomic mass is 16.5. The first-order chi connectivity index (χ1) is 11.9. The molecule has 1 aromatic rings. The predicted octanol–water partition coefficient (Wildman–Crippen LogP) is -0.753. The second-order valence-electron chi connectivity index (χ2n) is 6.60. The van der Waals surface area contributed by atoms with E-state index in [9.17, 15) is 19.7 Å². The van der Waals surface area contributed by atoms with Gasteiger partial charge in [0.05, 0.1) is 18.0 Å². The number of fused-ring (bicyclic) bond motifs is 1. The van der Waals surface area contributed by atoms with E-state index in [2.05, 4.69) is 5.32 Å². The third-order valence-electron chi connectivity index (χ3n) is 4.70. The van der Waals surface area contributed by atoms with Crippen LogP contribution in [0.4, 0.5) is 0 Å². The molecule has 1 fully saturated rings. The Labute approximate surface area is 146 Å². The fourth-order valence-electron chi connectivity index (χ4n) is 3.28. The molecule has 134 valence electrons. The fraction of sp³-hybridized carbons (Fsp3) is 0.500. The minimum atomic E-state index is -1.29. The predicted molar refractivity (Wildman–Crippen MR) is 91.3 cm³/mol. The van der Waals surface area contributed by atoms with E-state index >= 15 is 0 Å². The summed E-state index contributed by atoms with van der Waals surface area (Å²) in [6.07, 6.45) is 2.05. The number of nitrogens with two attached hydrogens (primary N) is 1. The number of aromatic carboxylic acids is 1. The van der Waals surface area contributed by atoms with Crippen molar-refractivity contribution in [1.29, 1.82) is 0 Å². The van der Waals surface area contributed by atoms with E-state index in [-0.39, 0.29) is 29.8 Å². The maximum absolute atomic E-state index is 12.2. The van der Waals surface area contributed by atoms with E-state index in [1.807, 2.05) is 4.90 Å². The molecule has 0 radical (unpaired) electrons. The number of amides is 1. The first-order valence-corrected chi connectivity index (χ1v) is 8.41. The van der Waals surface area contributed by atoms with E-state index in [1.165, 1.54) is 6.07 Å². The van der Waals surface area contributed by atoms with Gasteiger partial charge in [0, 0.05) is 19.1 Å². The molecule has 1 aromatic carbocycles. The second kappa shape index (κ2) is 7.43. The van der Waals surface area contributed by atoms with Gasteiger partial charge in [-0.2, -0.15) is 0 Å². The van der Waals surface area contributed by atoms with Crippen LogP contribution in [-0.2, 0) is 11.2 Å². The number of nitrogens with one attached hydrogen (secondary N) is 1. The molecule has 0 aliphatic carbocycles. The molecular weight excluding hydrogens is 325 g/mol. The van der Waals surface area contributed by atoms with Gasteiger partial charge < -0.3 is 25.8 Å². The normalized spacial score (nSPS) is 21.4. The minimum Gasteiger partial charge on any atom is -0.534 e. The van der Waals surface area contributed by atoms with Crippen LogP contribution in [0.1, 0.15) is 28.8 Å². The first-order valence-electron chi connectivity index (χ1n) is 8.41. The Morgan fingerprint density at radius 3 is 2.76 bits per heavy atom. The Kier molecular flexibility index (Phi) is 5.26. The van der Waals surface area contributed by atoms with Crippen molar-refractivity contribution in [2.24, 2.45) is 5.73 Å². The summed E-state index contributed by atoms with van der Waals surface area (Å²) in [6.45, 7) is 1.81. The van der Waals surface area contributed by atoms with E-state index in [4.69, 9.17) is 10.4 Å². The standard InChI is InChI=1S/C16H22BN3O5/c18-11-4-6-20(7-5-11)9-14(21)19-13-8-10-2-1-3-12(16(22)23)15(10)25-17(13)24/h1-3,11,13,24H,4-9,18H2,(H,19,21)(H,22,23)/t13-/m0/s1. The number of hydrogen-bond acceptors (Lipinski definition) is 6. The van der Waals surface area contributed by atoms with E-state index < -0.39 is 19.0 Å². The molecule has 8 nitrogen and oxygen atoms in total. The van der Waals surface area contributed by atoms with Crippen LogP contribution < -0.4 is 15.7 Å². The summed E-state index contributed by atoms with van der Waals surface area (Å²) in [7, 11) is -1.29. The van der Waals surface area contributed by atoms with Crippen LogP contribution in [0.5, 0.6) is 5.75 Å². The Morgan fingerprint density at radius 2 is 2.08 bits per heavy atom. The van der Waals surface area contributed by atoms with Gasteiger partial charge in [0.25, 0.3) is 0 Å². The highest BCUT2D eigenvalue weighted by Crippen LogP contribution is 2.30. The Bertz CT molecular complexity index is 663. The van der Waals surface area contributed by atoms with Crippen LogP contribution in [0.2, 0.25) is 0 Å². The smallest absolute Gasteiger partial charge is 0.534 e. The lowest BCUT2D eigenvalue weighted by Gasteiger charge is -2.31. The Balaban J connectivity index is 1.61. The number of nitrogens with zero attached hydrogens (tertiary/aromatic N) is 1. The van der Waals surface area contributed by atoms with Gasteiger partial charge in [0.15, 0.2) is 0 Å². The molecule has 9 heteroatoms. The average molecular weight is 347 g/mol. The molecule has 5 N–H and O–H groups in total. The van der Waals surface area contributed by atoms with Gasteiger partial charge in [-0.25, -0.2) is 4.79 Å². The number of piperidine rings is 1. The van der Waals surface area contributed by atoms with Crippen LogP contribution in [0, 0.1) is 0 Å². The van der Waals surface area contributed by atoms with Crippen molar-refractivity contribution < 1.29 is 24.4 Å². The van der Waals surface area contributed by atoms with Gasteiger partial charge in [-0.05, 0) is 30.9 Å². The van der Waals surface area contributed by atoms with Gasteiger partial charge in [-0.1, -0.05) is 12.1 Å². The zero-order valence-corrected chi connectivity index (χ0v) is 13.9. The molecule has 0 saturated carbocycles. The van der Waals surface area contributed by atoms with Crippen molar-refractivity contribution in [2.45, 2.75) is 31.2 Å². The lowest BCUT2D eigenvalue weighted by atomic mass is 9.72. The van der Waals surface area contributed by atoms with Crippen LogP contribution >= 0.6 is 0 Å². The van der Waals surface area contributed by atoms with E-state index in [0.29, 0.717) is 12.0 Å². The zero-order valence-electron chi connectivity index (χ0n) is 13.9. The molecule has 2 aliphatic rings. The molecule has 1 saturated heterocycles. The van der Waals surface area contributed by atoms with Gasteiger partial charge in [-0.15, -0.1) is 0 Å². The van der Waals surface area contributed by atoms with Crippen molar-refractivity contribution in [1.82, 2.24) is 10.2 Å². The van der Waals surface area contributed by atoms with Crippen molar-refractivity contribution >= 4 is 19.0 Å². The lowest BCUT2D eigenvalue weighted by Crippen LogP contribution is -2.55. The molecule has 0 unspecified atom stereocenters. The van der Waals surface area contributed by atoms with Gasteiger partial charge >= 0.3 is 13.1 Å². The molecule has 0 aromatic heterocycles. The summed E-state index contributed by atoms with van der Waals surface area (Å²) >= 11 is 0. The highest BCUT2D eigenvalue weighted by Gasteiger charge is 2.37. The number of carboxylic acids is 1. The number of carbonyl (C=O) groups is 2. The number of carboxylic acid groups (broad SMARTS) is 1. The maximum atomic E-state index is 12.2. The first kappa shape index (κ1) is 17.7. The molecule has 3 rings (SSSR count). The summed E-state index contributed by atoms with van der Waals surface area (Å²) < 4.78 is 5.37. The number of para-hydroxylation sites is 1. The molecule has 25 heavy (non-hydrogen) atoms. The Hall–Kier alpha value is -2.10. The number of carbonyl (C=O) groups excluding carboxylic acids is 1. The number of hydrogen-bond donors (Lipinski definition) is 4. The van der Waals surface area contributed by atoms with Crippen molar-refractivity contribution in [2.75, 3.05) is 19.6 Å². The third-order valence-corrected chi connectivity index (χ3v) is 4.70. The highest BCUT2D eigenvalue weighted by molar-refractivity contribution is 6.47. The van der Waals surface area contributed by atoms with Crippen molar-refractivity contribution in [3.8, 4) is 5.75 Å². The average Bonchev–Trinajstić information content (AvgIpc) is 2.57. The third kappa shape index (κ3) is 4.12. The van der Waals surface area contributed by atoms with E-state index in [0.717, 1.165) is 25.9 Å². The zero-order chi connectivity index (χ0) is 18.0. The minimum absolute atomic E-state index is 0.00554. The molecule has 2 heterocycles. The fourth-order valence-corrected chi connectivity index (χ4v) is 3.28. The lowest BCUT2D eigenvalue weighted by molar-refractivity contribution is -0.122. The monoisotopic (exact) mass is 347 g/mol. The molecular formula is C16H22BN3O5. The van der Waals surface area contributed by atoms with Gasteiger partial charge in [0.1, 0.15) is 5.75 Å². The van der Waals surface area contributed by atoms with Crippen molar-refractivity contribution in [3.63, 3.8) is 0 Å². The maximum Gasteiger partial charge on any atom is 0.547 e. The quantitative estimate of drug-likeness (QED) is 0.528. The molecule has 0 bridgehead atoms. The molecule has 1 atom stereocenters. The Morgan fingerprint density at radius 1 is 1.36 bits per heavy atom. The molecule has 2 aliphatic heterocycles. The molecule has 0 spiro atoms. The number of likely N-dealkylation sites (tertiary alicyclic amines) is 1.